The highest BCUT2D eigenvalue weighted by molar-refractivity contribution is 6.02. The van der Waals surface area contributed by atoms with Crippen molar-refractivity contribution in [3.63, 3.8) is 0 Å². The van der Waals surface area contributed by atoms with Crippen molar-refractivity contribution in [2.24, 2.45) is 0 Å². The highest BCUT2D eigenvalue weighted by Crippen LogP contribution is 2.35. The molecule has 0 spiro atoms. The summed E-state index contributed by atoms with van der Waals surface area (Å²) in [6, 6.07) is 10.5. The van der Waals surface area contributed by atoms with Crippen molar-refractivity contribution in [1.82, 2.24) is 14.7 Å². The van der Waals surface area contributed by atoms with E-state index >= 15 is 0 Å². The Labute approximate surface area is 222 Å². The Morgan fingerprint density at radius 2 is 1.58 bits per heavy atom. The van der Waals surface area contributed by atoms with Crippen molar-refractivity contribution < 1.29 is 33.4 Å². The Morgan fingerprint density at radius 3 is 2.16 bits per heavy atom. The van der Waals surface area contributed by atoms with Crippen LogP contribution in [0.5, 0.6) is 0 Å². The quantitative estimate of drug-likeness (QED) is 0.320. The summed E-state index contributed by atoms with van der Waals surface area (Å²) >= 11 is 0. The summed E-state index contributed by atoms with van der Waals surface area (Å²) in [6.45, 7) is 7.38. The molecule has 2 aromatic rings. The smallest absolute Gasteiger partial charge is 0.358 e. The lowest BCUT2D eigenvalue weighted by atomic mass is 9.84. The molecular weight excluding hydrogens is 492 g/mol. The molecule has 1 saturated heterocycles. The number of para-hydroxylation sites is 1. The molecule has 2 heterocycles. The number of nitrogens with zero attached hydrogens (tertiary/aromatic N) is 4. The standard InChI is InChI=1S/C27H36N4O7/c1-5-23(32)31(20-11-9-8-10-12-20)27(26(35)36-4)13-15-29(16-14-27)17-18-30-22(25(34)38-7-3)19-21(28-30)24(33)37-6-2/h8-12,19H,5-7,13-18H2,1-4H3. The van der Waals surface area contributed by atoms with E-state index in [-0.39, 0.29) is 36.9 Å². The largest absolute Gasteiger partial charge is 0.467 e. The summed E-state index contributed by atoms with van der Waals surface area (Å²) in [5.41, 5.74) is -0.270. The van der Waals surface area contributed by atoms with Crippen molar-refractivity contribution in [2.75, 3.05) is 44.9 Å². The average Bonchev–Trinajstić information content (AvgIpc) is 3.37. The first kappa shape index (κ1) is 28.8. The van der Waals surface area contributed by atoms with Gasteiger partial charge in [0.05, 0.1) is 26.9 Å². The molecule has 0 aliphatic carbocycles. The molecule has 3 rings (SSSR count). The van der Waals surface area contributed by atoms with Gasteiger partial charge in [0.25, 0.3) is 0 Å². The highest BCUT2D eigenvalue weighted by atomic mass is 16.5. The number of rotatable bonds is 11. The molecule has 1 fully saturated rings. The molecule has 0 bridgehead atoms. The summed E-state index contributed by atoms with van der Waals surface area (Å²) in [7, 11) is 1.34. The average molecular weight is 529 g/mol. The van der Waals surface area contributed by atoms with Gasteiger partial charge in [-0.2, -0.15) is 5.10 Å². The molecule has 38 heavy (non-hydrogen) atoms. The van der Waals surface area contributed by atoms with Crippen LogP contribution in [0.1, 0.15) is 61.0 Å². The lowest BCUT2D eigenvalue weighted by molar-refractivity contribution is -0.151. The van der Waals surface area contributed by atoms with Gasteiger partial charge in [0.15, 0.2) is 5.69 Å². The number of methoxy groups -OCH3 is 1. The van der Waals surface area contributed by atoms with Gasteiger partial charge in [-0.3, -0.25) is 14.4 Å². The molecule has 1 aliphatic rings. The third-order valence-electron chi connectivity index (χ3n) is 6.62. The predicted molar refractivity (Wildman–Crippen MR) is 139 cm³/mol. The number of benzene rings is 1. The molecule has 0 atom stereocenters. The number of anilines is 1. The second-order valence-electron chi connectivity index (χ2n) is 8.86. The summed E-state index contributed by atoms with van der Waals surface area (Å²) in [5, 5.41) is 4.28. The van der Waals surface area contributed by atoms with E-state index in [1.807, 2.05) is 30.3 Å². The predicted octanol–water partition coefficient (Wildman–Crippen LogP) is 2.69. The van der Waals surface area contributed by atoms with Crippen molar-refractivity contribution in [1.29, 1.82) is 0 Å². The van der Waals surface area contributed by atoms with Crippen LogP contribution in [0.2, 0.25) is 0 Å². The van der Waals surface area contributed by atoms with Gasteiger partial charge >= 0.3 is 17.9 Å². The molecule has 11 nitrogen and oxygen atoms in total. The second kappa shape index (κ2) is 13.2. The Kier molecular flexibility index (Phi) is 10.0. The normalized spacial score (nSPS) is 14.9. The van der Waals surface area contributed by atoms with Gasteiger partial charge < -0.3 is 19.1 Å². The Bertz CT molecular complexity index is 1120. The fraction of sp³-hybridized carbons (Fsp3) is 0.519. The van der Waals surface area contributed by atoms with Gasteiger partial charge in [0.1, 0.15) is 11.2 Å². The van der Waals surface area contributed by atoms with Crippen molar-refractivity contribution in [3.8, 4) is 0 Å². The van der Waals surface area contributed by atoms with Gasteiger partial charge in [0.2, 0.25) is 5.91 Å². The van der Waals surface area contributed by atoms with Crippen LogP contribution >= 0.6 is 0 Å². The number of amides is 1. The van der Waals surface area contributed by atoms with Crippen LogP contribution in [0.15, 0.2) is 36.4 Å². The summed E-state index contributed by atoms with van der Waals surface area (Å²) in [5.74, 6) is -1.79. The van der Waals surface area contributed by atoms with Crippen molar-refractivity contribution in [3.05, 3.63) is 47.8 Å². The van der Waals surface area contributed by atoms with Crippen LogP contribution in [0.3, 0.4) is 0 Å². The first-order valence-corrected chi connectivity index (χ1v) is 12.9. The van der Waals surface area contributed by atoms with Crippen molar-refractivity contribution >= 4 is 29.5 Å². The van der Waals surface area contributed by atoms with Gasteiger partial charge in [-0.05, 0) is 38.8 Å². The van der Waals surface area contributed by atoms with Gasteiger partial charge in [-0.1, -0.05) is 25.1 Å². The lowest BCUT2D eigenvalue weighted by Gasteiger charge is -2.46. The molecule has 1 aliphatic heterocycles. The van der Waals surface area contributed by atoms with Gasteiger partial charge in [0, 0.05) is 37.8 Å². The lowest BCUT2D eigenvalue weighted by Crippen LogP contribution is -2.62. The monoisotopic (exact) mass is 528 g/mol. The molecule has 1 amide bonds. The fourth-order valence-electron chi connectivity index (χ4n) is 4.72. The number of piperidine rings is 1. The molecule has 0 N–H and O–H groups in total. The minimum Gasteiger partial charge on any atom is -0.467 e. The minimum atomic E-state index is -1.13. The Hall–Kier alpha value is -3.73. The first-order valence-electron chi connectivity index (χ1n) is 12.9. The van der Waals surface area contributed by atoms with Crippen molar-refractivity contribution in [2.45, 2.75) is 52.1 Å². The van der Waals surface area contributed by atoms with E-state index in [0.717, 1.165) is 0 Å². The van der Waals surface area contributed by atoms with Crippen LogP contribution in [0, 0.1) is 0 Å². The first-order chi connectivity index (χ1) is 18.3. The maximum Gasteiger partial charge on any atom is 0.358 e. The van der Waals surface area contributed by atoms with Gasteiger partial charge in [-0.25, -0.2) is 14.4 Å². The second-order valence-corrected chi connectivity index (χ2v) is 8.86. The fourth-order valence-corrected chi connectivity index (χ4v) is 4.72. The van der Waals surface area contributed by atoms with Crippen LogP contribution in [-0.4, -0.2) is 84.0 Å². The summed E-state index contributed by atoms with van der Waals surface area (Å²) in [4.78, 5) is 54.6. The summed E-state index contributed by atoms with van der Waals surface area (Å²) in [6.07, 6.45) is 0.993. The third-order valence-corrected chi connectivity index (χ3v) is 6.62. The number of carbonyl (C=O) groups is 4. The van der Waals surface area contributed by atoms with E-state index in [2.05, 4.69) is 10.00 Å². The van der Waals surface area contributed by atoms with Crippen LogP contribution in [0.4, 0.5) is 5.69 Å². The molecule has 1 aromatic heterocycles. The number of carbonyl (C=O) groups excluding carboxylic acids is 4. The van der Waals surface area contributed by atoms with Crippen LogP contribution in [-0.2, 0) is 30.3 Å². The number of aromatic nitrogens is 2. The summed E-state index contributed by atoms with van der Waals surface area (Å²) < 4.78 is 16.8. The van der Waals surface area contributed by atoms with Gasteiger partial charge in [-0.15, -0.1) is 0 Å². The number of esters is 3. The molecule has 206 valence electrons. The zero-order valence-corrected chi connectivity index (χ0v) is 22.5. The van der Waals surface area contributed by atoms with Crippen LogP contribution in [0.25, 0.3) is 0 Å². The molecule has 0 radical (unpaired) electrons. The Balaban J connectivity index is 1.78. The molecule has 0 unspecified atom stereocenters. The minimum absolute atomic E-state index is 0.0369. The third kappa shape index (κ3) is 6.21. The zero-order valence-electron chi connectivity index (χ0n) is 22.5. The Morgan fingerprint density at radius 1 is 0.947 bits per heavy atom. The number of hydrogen-bond acceptors (Lipinski definition) is 9. The number of likely N-dealkylation sites (tertiary alicyclic amines) is 1. The molecular formula is C27H36N4O7. The SMILES string of the molecule is CCOC(=O)c1cc(C(=O)OCC)n(CCN2CCC(C(=O)OC)(N(C(=O)CC)c3ccccc3)CC2)n1. The van der Waals surface area contributed by atoms with E-state index in [1.165, 1.54) is 17.9 Å². The molecule has 0 saturated carbocycles. The van der Waals surface area contributed by atoms with E-state index in [9.17, 15) is 19.2 Å². The number of hydrogen-bond donors (Lipinski definition) is 0. The van der Waals surface area contributed by atoms with E-state index in [1.54, 1.807) is 25.7 Å². The maximum absolute atomic E-state index is 13.2. The molecule has 11 heteroatoms. The highest BCUT2D eigenvalue weighted by Gasteiger charge is 2.49. The molecule has 1 aromatic carbocycles. The van der Waals surface area contributed by atoms with E-state index < -0.39 is 23.4 Å². The number of ether oxygens (including phenoxy) is 3. The van der Waals surface area contributed by atoms with E-state index in [0.29, 0.717) is 44.7 Å². The maximum atomic E-state index is 13.2. The zero-order chi connectivity index (χ0) is 27.7. The van der Waals surface area contributed by atoms with Crippen LogP contribution < -0.4 is 4.90 Å². The van der Waals surface area contributed by atoms with E-state index in [4.69, 9.17) is 14.2 Å². The topological polar surface area (TPSA) is 120 Å².